The van der Waals surface area contributed by atoms with Gasteiger partial charge >= 0.3 is 6.18 Å². The second-order valence-corrected chi connectivity index (χ2v) is 6.04. The SMILES string of the molecule is CNc1cc(C(F)(F)F)cc(NCC2CCSCC2)n1. The Morgan fingerprint density at radius 1 is 1.25 bits per heavy atom. The summed E-state index contributed by atoms with van der Waals surface area (Å²) in [6.45, 7) is 0.679. The first-order valence-corrected chi connectivity index (χ1v) is 7.73. The topological polar surface area (TPSA) is 37.0 Å². The number of pyridine rings is 1. The van der Waals surface area contributed by atoms with E-state index in [9.17, 15) is 13.2 Å². The van der Waals surface area contributed by atoms with E-state index in [1.165, 1.54) is 0 Å². The van der Waals surface area contributed by atoms with Crippen LogP contribution in [-0.2, 0) is 6.18 Å². The van der Waals surface area contributed by atoms with Gasteiger partial charge in [-0.15, -0.1) is 0 Å². The van der Waals surface area contributed by atoms with Gasteiger partial charge in [0.1, 0.15) is 11.6 Å². The van der Waals surface area contributed by atoms with E-state index in [0.29, 0.717) is 12.5 Å². The molecule has 112 valence electrons. The lowest BCUT2D eigenvalue weighted by molar-refractivity contribution is -0.137. The van der Waals surface area contributed by atoms with Crippen molar-refractivity contribution in [1.29, 1.82) is 0 Å². The van der Waals surface area contributed by atoms with Gasteiger partial charge in [-0.3, -0.25) is 0 Å². The van der Waals surface area contributed by atoms with Crippen LogP contribution in [0.25, 0.3) is 0 Å². The third kappa shape index (κ3) is 4.19. The zero-order chi connectivity index (χ0) is 14.6. The zero-order valence-corrected chi connectivity index (χ0v) is 12.1. The number of halogens is 3. The molecule has 0 bridgehead atoms. The van der Waals surface area contributed by atoms with E-state index in [4.69, 9.17) is 0 Å². The third-order valence-electron chi connectivity index (χ3n) is 3.32. The van der Waals surface area contributed by atoms with Crippen LogP contribution in [0, 0.1) is 5.92 Å². The number of anilines is 2. The molecule has 7 heteroatoms. The molecule has 1 aliphatic rings. The van der Waals surface area contributed by atoms with E-state index >= 15 is 0 Å². The van der Waals surface area contributed by atoms with E-state index in [1.54, 1.807) is 7.05 Å². The maximum Gasteiger partial charge on any atom is 0.416 e. The van der Waals surface area contributed by atoms with Gasteiger partial charge in [0.15, 0.2) is 0 Å². The minimum Gasteiger partial charge on any atom is -0.373 e. The Kier molecular flexibility index (Phi) is 5.01. The number of hydrogen-bond donors (Lipinski definition) is 2. The number of hydrogen-bond acceptors (Lipinski definition) is 4. The van der Waals surface area contributed by atoms with Crippen molar-refractivity contribution in [3.8, 4) is 0 Å². The zero-order valence-electron chi connectivity index (χ0n) is 11.3. The first-order valence-electron chi connectivity index (χ1n) is 6.57. The van der Waals surface area contributed by atoms with Crippen molar-refractivity contribution in [3.05, 3.63) is 17.7 Å². The predicted octanol–water partition coefficient (Wildman–Crippen LogP) is 3.70. The quantitative estimate of drug-likeness (QED) is 0.889. The fraction of sp³-hybridized carbons (Fsp3) is 0.615. The summed E-state index contributed by atoms with van der Waals surface area (Å²) in [7, 11) is 1.56. The number of nitrogens with zero attached hydrogens (tertiary/aromatic N) is 1. The Bertz CT molecular complexity index is 445. The van der Waals surface area contributed by atoms with Crippen molar-refractivity contribution < 1.29 is 13.2 Å². The van der Waals surface area contributed by atoms with E-state index in [2.05, 4.69) is 15.6 Å². The highest BCUT2D eigenvalue weighted by Crippen LogP contribution is 2.32. The summed E-state index contributed by atoms with van der Waals surface area (Å²) in [5.74, 6) is 3.28. The lowest BCUT2D eigenvalue weighted by Gasteiger charge is -2.22. The molecule has 1 aromatic heterocycles. The third-order valence-corrected chi connectivity index (χ3v) is 4.37. The molecular formula is C13H18F3N3S. The Labute approximate surface area is 120 Å². The van der Waals surface area contributed by atoms with E-state index in [1.807, 2.05) is 11.8 Å². The molecule has 2 rings (SSSR count). The summed E-state index contributed by atoms with van der Waals surface area (Å²) in [5.41, 5.74) is -0.682. The molecular weight excluding hydrogens is 287 g/mol. The van der Waals surface area contributed by atoms with Gasteiger partial charge in [0.05, 0.1) is 5.56 Å². The van der Waals surface area contributed by atoms with Gasteiger partial charge in [-0.25, -0.2) is 4.98 Å². The summed E-state index contributed by atoms with van der Waals surface area (Å²) in [6.07, 6.45) is -2.14. The Balaban J connectivity index is 2.06. The van der Waals surface area contributed by atoms with Crippen LogP contribution in [0.5, 0.6) is 0 Å². The van der Waals surface area contributed by atoms with Crippen LogP contribution in [0.4, 0.5) is 24.8 Å². The molecule has 0 spiro atoms. The molecule has 0 radical (unpaired) electrons. The Morgan fingerprint density at radius 3 is 2.50 bits per heavy atom. The van der Waals surface area contributed by atoms with Crippen LogP contribution in [0.1, 0.15) is 18.4 Å². The van der Waals surface area contributed by atoms with Gasteiger partial charge < -0.3 is 10.6 Å². The van der Waals surface area contributed by atoms with Crippen molar-refractivity contribution in [1.82, 2.24) is 4.98 Å². The average molecular weight is 305 g/mol. The number of aromatic nitrogens is 1. The van der Waals surface area contributed by atoms with Crippen LogP contribution < -0.4 is 10.6 Å². The molecule has 0 unspecified atom stereocenters. The van der Waals surface area contributed by atoms with Crippen molar-refractivity contribution in [2.75, 3.05) is 35.7 Å². The molecule has 2 N–H and O–H groups in total. The van der Waals surface area contributed by atoms with Crippen molar-refractivity contribution >= 4 is 23.4 Å². The van der Waals surface area contributed by atoms with Gasteiger partial charge in [-0.05, 0) is 42.4 Å². The van der Waals surface area contributed by atoms with E-state index in [0.717, 1.165) is 36.5 Å². The monoisotopic (exact) mass is 305 g/mol. The maximum atomic E-state index is 12.8. The van der Waals surface area contributed by atoms with Crippen LogP contribution in [0.15, 0.2) is 12.1 Å². The molecule has 1 saturated heterocycles. The number of rotatable bonds is 4. The summed E-state index contributed by atoms with van der Waals surface area (Å²) in [6, 6.07) is 2.08. The van der Waals surface area contributed by atoms with Crippen molar-refractivity contribution in [2.45, 2.75) is 19.0 Å². The fourth-order valence-corrected chi connectivity index (χ4v) is 3.32. The van der Waals surface area contributed by atoms with Crippen molar-refractivity contribution in [2.24, 2.45) is 5.92 Å². The minimum atomic E-state index is -4.35. The molecule has 1 aliphatic heterocycles. The lowest BCUT2D eigenvalue weighted by Crippen LogP contribution is -2.20. The molecule has 0 aliphatic carbocycles. The molecule has 20 heavy (non-hydrogen) atoms. The van der Waals surface area contributed by atoms with Crippen LogP contribution in [0.3, 0.4) is 0 Å². The van der Waals surface area contributed by atoms with Gasteiger partial charge in [-0.2, -0.15) is 24.9 Å². The first-order chi connectivity index (χ1) is 9.49. The van der Waals surface area contributed by atoms with Gasteiger partial charge in [0.25, 0.3) is 0 Å². The number of thioether (sulfide) groups is 1. The second kappa shape index (κ2) is 6.56. The molecule has 3 nitrogen and oxygen atoms in total. The number of alkyl halides is 3. The highest BCUT2D eigenvalue weighted by Gasteiger charge is 2.31. The molecule has 0 aromatic carbocycles. The molecule has 2 heterocycles. The minimum absolute atomic E-state index is 0.224. The van der Waals surface area contributed by atoms with Crippen molar-refractivity contribution in [3.63, 3.8) is 0 Å². The van der Waals surface area contributed by atoms with Crippen LogP contribution in [-0.4, -0.2) is 30.1 Å². The predicted molar refractivity (Wildman–Crippen MR) is 77.3 cm³/mol. The normalized spacial score (nSPS) is 17.0. The summed E-state index contributed by atoms with van der Waals surface area (Å²) >= 11 is 1.93. The summed E-state index contributed by atoms with van der Waals surface area (Å²) in [4.78, 5) is 4.12. The van der Waals surface area contributed by atoms with Crippen LogP contribution >= 0.6 is 11.8 Å². The average Bonchev–Trinajstić information content (AvgIpc) is 2.45. The molecule has 0 atom stereocenters. The maximum absolute atomic E-state index is 12.8. The molecule has 1 fully saturated rings. The lowest BCUT2D eigenvalue weighted by atomic mass is 10.0. The standard InChI is InChI=1S/C13H18F3N3S/c1-17-11-6-10(13(14,15)16)7-12(19-11)18-8-9-2-4-20-5-3-9/h6-7,9H,2-5,8H2,1H3,(H2,17,18,19). The van der Waals surface area contributed by atoms with Gasteiger partial charge in [-0.1, -0.05) is 0 Å². The largest absolute Gasteiger partial charge is 0.416 e. The van der Waals surface area contributed by atoms with E-state index in [-0.39, 0.29) is 11.6 Å². The highest BCUT2D eigenvalue weighted by atomic mass is 32.2. The summed E-state index contributed by atoms with van der Waals surface area (Å²) < 4.78 is 38.4. The Morgan fingerprint density at radius 2 is 1.90 bits per heavy atom. The highest BCUT2D eigenvalue weighted by molar-refractivity contribution is 7.99. The second-order valence-electron chi connectivity index (χ2n) is 4.81. The van der Waals surface area contributed by atoms with E-state index < -0.39 is 11.7 Å². The smallest absolute Gasteiger partial charge is 0.373 e. The van der Waals surface area contributed by atoms with Gasteiger partial charge in [0, 0.05) is 13.6 Å². The molecule has 1 aromatic rings. The summed E-state index contributed by atoms with van der Waals surface area (Å²) in [5, 5.41) is 5.70. The van der Waals surface area contributed by atoms with Crippen LogP contribution in [0.2, 0.25) is 0 Å². The Hall–Kier alpha value is -1.11. The molecule has 0 saturated carbocycles. The van der Waals surface area contributed by atoms with Gasteiger partial charge in [0.2, 0.25) is 0 Å². The first kappa shape index (κ1) is 15.3. The number of nitrogens with one attached hydrogen (secondary N) is 2. The molecule has 0 amide bonds. The fourth-order valence-electron chi connectivity index (χ4n) is 2.11.